The molecule has 0 aromatic heterocycles. The van der Waals surface area contributed by atoms with E-state index in [1.54, 1.807) is 14.2 Å². The monoisotopic (exact) mass is 546 g/mol. The van der Waals surface area contributed by atoms with Gasteiger partial charge in [-0.05, 0) is 31.5 Å². The highest BCUT2D eigenvalue weighted by Gasteiger charge is 2.25. The summed E-state index contributed by atoms with van der Waals surface area (Å²) in [7, 11) is 3.21. The molecule has 31 heavy (non-hydrogen) atoms. The number of ether oxygens (including phenoxy) is 2. The Hall–Kier alpha value is -2.30. The maximum Gasteiger partial charge on any atom is 0.191 e. The van der Waals surface area contributed by atoms with Gasteiger partial charge in [-0.15, -0.1) is 24.0 Å². The number of methoxy groups -OCH3 is 2. The third kappa shape index (κ3) is 6.34. The quantitative estimate of drug-likeness (QED) is 0.313. The number of aliphatic imine (C=N–C) groups is 1. The number of halogens is 3. The molecule has 0 saturated carbocycles. The van der Waals surface area contributed by atoms with E-state index in [2.05, 4.69) is 15.6 Å². The molecule has 1 aliphatic rings. The molecule has 2 N–H and O–H groups in total. The van der Waals surface area contributed by atoms with Gasteiger partial charge in [-0.1, -0.05) is 12.1 Å². The second kappa shape index (κ2) is 11.9. The first-order valence-corrected chi connectivity index (χ1v) is 10.0. The van der Waals surface area contributed by atoms with Crippen LogP contribution in [0.2, 0.25) is 0 Å². The molecule has 0 aliphatic carbocycles. The highest BCUT2D eigenvalue weighted by molar-refractivity contribution is 14.0. The molecule has 1 aliphatic heterocycles. The summed E-state index contributed by atoms with van der Waals surface area (Å²) in [6.07, 6.45) is 0.823. The van der Waals surface area contributed by atoms with Gasteiger partial charge < -0.3 is 25.0 Å². The Balaban J connectivity index is 0.00000341. The van der Waals surface area contributed by atoms with Gasteiger partial charge in [0.2, 0.25) is 0 Å². The molecule has 1 saturated heterocycles. The van der Waals surface area contributed by atoms with Crippen molar-refractivity contribution in [3.8, 4) is 11.5 Å². The van der Waals surface area contributed by atoms with Gasteiger partial charge in [-0.25, -0.2) is 13.8 Å². The predicted molar refractivity (Wildman–Crippen MR) is 130 cm³/mol. The van der Waals surface area contributed by atoms with Gasteiger partial charge in [0.05, 0.1) is 26.5 Å². The molecule has 9 heteroatoms. The fraction of sp³-hybridized carbons (Fsp3) is 0.409. The Kier molecular flexibility index (Phi) is 9.60. The van der Waals surface area contributed by atoms with Gasteiger partial charge in [0, 0.05) is 37.3 Å². The number of guanidine groups is 1. The van der Waals surface area contributed by atoms with Crippen molar-refractivity contribution in [2.75, 3.05) is 38.8 Å². The lowest BCUT2D eigenvalue weighted by Crippen LogP contribution is -2.44. The van der Waals surface area contributed by atoms with Crippen molar-refractivity contribution < 1.29 is 18.3 Å². The lowest BCUT2D eigenvalue weighted by atomic mass is 10.2. The van der Waals surface area contributed by atoms with Gasteiger partial charge in [-0.2, -0.15) is 0 Å². The minimum absolute atomic E-state index is 0. The standard InChI is InChI=1S/C22H28F2N4O2.HI/c1-4-25-22(26-13-15-6-5-7-20(29-2)21(15)30-3)27-17-10-11-28(14-17)19-9-8-16(23)12-18(19)24;/h5-9,12,17H,4,10-11,13-14H2,1-3H3,(H2,25,26,27);1H. The normalized spacial score (nSPS) is 16.0. The molecule has 2 aromatic rings. The number of rotatable bonds is 7. The average molecular weight is 546 g/mol. The smallest absolute Gasteiger partial charge is 0.191 e. The summed E-state index contributed by atoms with van der Waals surface area (Å²) in [4.78, 5) is 6.59. The first kappa shape index (κ1) is 25.0. The Labute approximate surface area is 199 Å². The third-order valence-corrected chi connectivity index (χ3v) is 5.02. The minimum Gasteiger partial charge on any atom is -0.493 e. The molecular weight excluding hydrogens is 517 g/mol. The van der Waals surface area contributed by atoms with Gasteiger partial charge in [-0.3, -0.25) is 0 Å². The Morgan fingerprint density at radius 1 is 1.19 bits per heavy atom. The fourth-order valence-electron chi connectivity index (χ4n) is 3.59. The molecule has 0 radical (unpaired) electrons. The maximum absolute atomic E-state index is 14.1. The van der Waals surface area contributed by atoms with Crippen molar-refractivity contribution in [2.24, 2.45) is 4.99 Å². The van der Waals surface area contributed by atoms with E-state index >= 15 is 0 Å². The second-order valence-corrected chi connectivity index (χ2v) is 7.02. The molecular formula is C22H29F2IN4O2. The van der Waals surface area contributed by atoms with Crippen molar-refractivity contribution in [1.82, 2.24) is 10.6 Å². The van der Waals surface area contributed by atoms with Crippen molar-refractivity contribution in [3.63, 3.8) is 0 Å². The number of anilines is 1. The molecule has 3 rings (SSSR count). The minimum atomic E-state index is -0.570. The van der Waals surface area contributed by atoms with E-state index < -0.39 is 11.6 Å². The Morgan fingerprint density at radius 3 is 2.68 bits per heavy atom. The van der Waals surface area contributed by atoms with E-state index in [0.717, 1.165) is 18.1 Å². The van der Waals surface area contributed by atoms with E-state index in [4.69, 9.17) is 9.47 Å². The number of nitrogens with one attached hydrogen (secondary N) is 2. The Bertz CT molecular complexity index is 898. The molecule has 1 atom stereocenters. The molecule has 0 amide bonds. The average Bonchev–Trinajstić information content (AvgIpc) is 3.19. The number of benzene rings is 2. The zero-order chi connectivity index (χ0) is 21.5. The van der Waals surface area contributed by atoms with Crippen LogP contribution in [-0.4, -0.2) is 45.9 Å². The first-order chi connectivity index (χ1) is 14.5. The number of hydrogen-bond acceptors (Lipinski definition) is 4. The van der Waals surface area contributed by atoms with Crippen LogP contribution in [0.15, 0.2) is 41.4 Å². The van der Waals surface area contributed by atoms with E-state index in [1.165, 1.54) is 12.1 Å². The first-order valence-electron chi connectivity index (χ1n) is 10.0. The van der Waals surface area contributed by atoms with Crippen LogP contribution in [-0.2, 0) is 6.54 Å². The number of nitrogens with zero attached hydrogens (tertiary/aromatic N) is 2. The summed E-state index contributed by atoms with van der Waals surface area (Å²) in [5, 5.41) is 6.66. The van der Waals surface area contributed by atoms with E-state index in [0.29, 0.717) is 49.3 Å². The van der Waals surface area contributed by atoms with E-state index in [9.17, 15) is 8.78 Å². The highest BCUT2D eigenvalue weighted by atomic mass is 127. The zero-order valence-corrected chi connectivity index (χ0v) is 20.3. The number of hydrogen-bond donors (Lipinski definition) is 2. The fourth-order valence-corrected chi connectivity index (χ4v) is 3.59. The van der Waals surface area contributed by atoms with Crippen molar-refractivity contribution in [2.45, 2.75) is 25.9 Å². The van der Waals surface area contributed by atoms with Crippen molar-refractivity contribution >= 4 is 35.6 Å². The van der Waals surface area contributed by atoms with Crippen LogP contribution in [0.4, 0.5) is 14.5 Å². The van der Waals surface area contributed by atoms with Gasteiger partial charge in [0.25, 0.3) is 0 Å². The highest BCUT2D eigenvalue weighted by Crippen LogP contribution is 2.31. The van der Waals surface area contributed by atoms with Gasteiger partial charge in [0.15, 0.2) is 17.5 Å². The van der Waals surface area contributed by atoms with Crippen LogP contribution in [0.3, 0.4) is 0 Å². The number of para-hydroxylation sites is 1. The molecule has 1 fully saturated rings. The third-order valence-electron chi connectivity index (χ3n) is 5.02. The topological polar surface area (TPSA) is 58.1 Å². The van der Waals surface area contributed by atoms with Crippen LogP contribution < -0.4 is 25.0 Å². The molecule has 1 heterocycles. The van der Waals surface area contributed by atoms with Crippen LogP contribution >= 0.6 is 24.0 Å². The molecule has 170 valence electrons. The summed E-state index contributed by atoms with van der Waals surface area (Å²) in [6.45, 7) is 4.42. The maximum atomic E-state index is 14.1. The SMILES string of the molecule is CCNC(=NCc1cccc(OC)c1OC)NC1CCN(c2ccc(F)cc2F)C1.I. The summed E-state index contributed by atoms with van der Waals surface area (Å²) in [6, 6.07) is 9.48. The molecule has 0 bridgehead atoms. The predicted octanol–water partition coefficient (Wildman–Crippen LogP) is 3.93. The van der Waals surface area contributed by atoms with E-state index in [-0.39, 0.29) is 30.0 Å². The van der Waals surface area contributed by atoms with Crippen LogP contribution in [0.25, 0.3) is 0 Å². The lowest BCUT2D eigenvalue weighted by molar-refractivity contribution is 0.352. The molecule has 6 nitrogen and oxygen atoms in total. The second-order valence-electron chi connectivity index (χ2n) is 7.02. The Morgan fingerprint density at radius 2 is 2.00 bits per heavy atom. The molecule has 1 unspecified atom stereocenters. The summed E-state index contributed by atoms with van der Waals surface area (Å²) in [5.74, 6) is 0.893. The van der Waals surface area contributed by atoms with Crippen LogP contribution in [0.5, 0.6) is 11.5 Å². The molecule has 2 aromatic carbocycles. The van der Waals surface area contributed by atoms with Crippen molar-refractivity contribution in [1.29, 1.82) is 0 Å². The summed E-state index contributed by atoms with van der Waals surface area (Å²) < 4.78 is 38.1. The lowest BCUT2D eigenvalue weighted by Gasteiger charge is -2.21. The summed E-state index contributed by atoms with van der Waals surface area (Å²) in [5.41, 5.74) is 1.33. The zero-order valence-electron chi connectivity index (χ0n) is 18.0. The largest absolute Gasteiger partial charge is 0.493 e. The molecule has 0 spiro atoms. The van der Waals surface area contributed by atoms with Crippen LogP contribution in [0.1, 0.15) is 18.9 Å². The summed E-state index contributed by atoms with van der Waals surface area (Å²) >= 11 is 0. The van der Waals surface area contributed by atoms with Crippen LogP contribution in [0, 0.1) is 11.6 Å². The van der Waals surface area contributed by atoms with Crippen molar-refractivity contribution in [3.05, 3.63) is 53.6 Å². The van der Waals surface area contributed by atoms with Gasteiger partial charge >= 0.3 is 0 Å². The van der Waals surface area contributed by atoms with Gasteiger partial charge in [0.1, 0.15) is 11.6 Å². The van der Waals surface area contributed by atoms with E-state index in [1.807, 2.05) is 30.0 Å².